The first-order valence-electron chi connectivity index (χ1n) is 12.8. The van der Waals surface area contributed by atoms with Crippen molar-refractivity contribution in [3.63, 3.8) is 0 Å². The lowest BCUT2D eigenvalue weighted by Gasteiger charge is -2.18. The third-order valence-corrected chi connectivity index (χ3v) is 7.15. The fraction of sp³-hybridized carbons (Fsp3) is 0.226. The zero-order chi connectivity index (χ0) is 28.0. The molecule has 8 heteroatoms. The predicted molar refractivity (Wildman–Crippen MR) is 145 cm³/mol. The number of nitro benzene ring substituents is 1. The lowest BCUT2D eigenvalue weighted by atomic mass is 9.88. The summed E-state index contributed by atoms with van der Waals surface area (Å²) in [5, 5.41) is 11.0. The highest BCUT2D eigenvalue weighted by Crippen LogP contribution is 2.35. The summed E-state index contributed by atoms with van der Waals surface area (Å²) in [6, 6.07) is 18.1. The molecule has 0 fully saturated rings. The number of benzene rings is 3. The van der Waals surface area contributed by atoms with Gasteiger partial charge in [0.15, 0.2) is 6.54 Å². The largest absolute Gasteiger partial charge is 0.290 e. The number of rotatable bonds is 7. The first kappa shape index (κ1) is 25.9. The standard InChI is InChI=1S/C31H28N3O5/c1-18(2)22-10-7-11-23(19(3)4)27(22)33-17-32(16-26(35)20-12-14-21(15-13-20)34(38)39)28-29(33)31(37)25-9-6-5-8-24(25)30(28)36/h5-15,17-19H,16H2,1-4H3/q+1. The molecule has 0 N–H and O–H groups in total. The van der Waals surface area contributed by atoms with E-state index in [0.29, 0.717) is 11.1 Å². The molecule has 8 nitrogen and oxygen atoms in total. The van der Waals surface area contributed by atoms with E-state index in [0.717, 1.165) is 16.8 Å². The van der Waals surface area contributed by atoms with Crippen molar-refractivity contribution in [3.05, 3.63) is 122 Å². The number of nitrogens with zero attached hydrogens (tertiary/aromatic N) is 3. The molecule has 0 saturated heterocycles. The van der Waals surface area contributed by atoms with Crippen LogP contribution in [0.3, 0.4) is 0 Å². The molecule has 39 heavy (non-hydrogen) atoms. The maximum absolute atomic E-state index is 13.9. The molecule has 1 aromatic heterocycles. The Morgan fingerprint density at radius 2 is 1.41 bits per heavy atom. The average Bonchev–Trinajstić information content (AvgIpc) is 3.30. The molecular formula is C31H28N3O5+. The smallest absolute Gasteiger partial charge is 0.269 e. The SMILES string of the molecule is CC(C)c1cccc(C(C)C)c1-n1c[n+](CC(=O)c2ccc([N+](=O)[O-])cc2)c2c1C(=O)c1ccccc1C2=O. The van der Waals surface area contributed by atoms with Crippen LogP contribution >= 0.6 is 0 Å². The van der Waals surface area contributed by atoms with Gasteiger partial charge in [-0.25, -0.2) is 4.57 Å². The van der Waals surface area contributed by atoms with Crippen LogP contribution in [-0.4, -0.2) is 26.8 Å². The maximum Gasteiger partial charge on any atom is 0.269 e. The molecule has 0 saturated carbocycles. The number of fused-ring (bicyclic) bond motifs is 2. The topological polar surface area (TPSA) is 103 Å². The monoisotopic (exact) mass is 522 g/mol. The summed E-state index contributed by atoms with van der Waals surface area (Å²) in [6.07, 6.45) is 1.67. The summed E-state index contributed by atoms with van der Waals surface area (Å²) >= 11 is 0. The van der Waals surface area contributed by atoms with Gasteiger partial charge in [-0.2, -0.15) is 4.57 Å². The van der Waals surface area contributed by atoms with Crippen LogP contribution in [0.25, 0.3) is 5.69 Å². The second-order valence-electron chi connectivity index (χ2n) is 10.3. The van der Waals surface area contributed by atoms with Crippen molar-refractivity contribution in [1.29, 1.82) is 0 Å². The summed E-state index contributed by atoms with van der Waals surface area (Å²) in [6.45, 7) is 8.09. The third kappa shape index (κ3) is 4.37. The van der Waals surface area contributed by atoms with Crippen LogP contribution < -0.4 is 4.57 Å². The summed E-state index contributed by atoms with van der Waals surface area (Å²) in [5.41, 5.74) is 4.04. The first-order chi connectivity index (χ1) is 18.6. The third-order valence-electron chi connectivity index (χ3n) is 7.15. The number of non-ortho nitro benzene ring substituents is 1. The van der Waals surface area contributed by atoms with Gasteiger partial charge in [0.05, 0.1) is 4.92 Å². The number of hydrogen-bond donors (Lipinski definition) is 0. The lowest BCUT2D eigenvalue weighted by molar-refractivity contribution is -0.684. The second-order valence-corrected chi connectivity index (χ2v) is 10.3. The highest BCUT2D eigenvalue weighted by atomic mass is 16.6. The summed E-state index contributed by atoms with van der Waals surface area (Å²) in [5.74, 6) is -0.684. The Kier molecular flexibility index (Phi) is 6.56. The molecule has 0 spiro atoms. The highest BCUT2D eigenvalue weighted by molar-refractivity contribution is 6.26. The summed E-state index contributed by atoms with van der Waals surface area (Å²) < 4.78 is 3.32. The molecule has 1 aliphatic rings. The number of Topliss-reactive ketones (excluding diaryl/α,β-unsaturated/α-hetero) is 1. The molecule has 0 unspecified atom stereocenters. The van der Waals surface area contributed by atoms with Crippen molar-refractivity contribution < 1.29 is 23.9 Å². The minimum Gasteiger partial charge on any atom is -0.290 e. The zero-order valence-corrected chi connectivity index (χ0v) is 22.2. The van der Waals surface area contributed by atoms with E-state index >= 15 is 0 Å². The van der Waals surface area contributed by atoms with Gasteiger partial charge < -0.3 is 0 Å². The zero-order valence-electron chi connectivity index (χ0n) is 22.2. The van der Waals surface area contributed by atoms with Crippen LogP contribution in [0.2, 0.25) is 0 Å². The van der Waals surface area contributed by atoms with Crippen molar-refractivity contribution in [2.75, 3.05) is 0 Å². The molecule has 4 aromatic rings. The molecule has 0 atom stereocenters. The van der Waals surface area contributed by atoms with E-state index in [1.165, 1.54) is 28.8 Å². The predicted octanol–water partition coefficient (Wildman–Crippen LogP) is 5.58. The fourth-order valence-corrected chi connectivity index (χ4v) is 5.19. The van der Waals surface area contributed by atoms with Gasteiger partial charge in [-0.15, -0.1) is 0 Å². The number of carbonyl (C=O) groups excluding carboxylic acids is 3. The molecule has 0 radical (unpaired) electrons. The normalized spacial score (nSPS) is 12.6. The van der Waals surface area contributed by atoms with Crippen molar-refractivity contribution >= 4 is 23.0 Å². The van der Waals surface area contributed by atoms with E-state index in [1.807, 2.05) is 18.2 Å². The quantitative estimate of drug-likeness (QED) is 0.120. The Balaban J connectivity index is 1.73. The van der Waals surface area contributed by atoms with Crippen LogP contribution in [0.5, 0.6) is 0 Å². The number of imidazole rings is 1. The number of ketones is 3. The summed E-state index contributed by atoms with van der Waals surface area (Å²) in [4.78, 5) is 51.6. The number of hydrogen-bond acceptors (Lipinski definition) is 5. The van der Waals surface area contributed by atoms with E-state index in [4.69, 9.17) is 0 Å². The van der Waals surface area contributed by atoms with Crippen LogP contribution in [0.1, 0.15) is 93.1 Å². The van der Waals surface area contributed by atoms with E-state index in [1.54, 1.807) is 35.2 Å². The minimum absolute atomic E-state index is 0.119. The van der Waals surface area contributed by atoms with Crippen molar-refractivity contribution in [2.45, 2.75) is 46.1 Å². The van der Waals surface area contributed by atoms with Crippen LogP contribution in [0.4, 0.5) is 5.69 Å². The van der Waals surface area contributed by atoms with Gasteiger partial charge in [0.1, 0.15) is 5.69 Å². The van der Waals surface area contributed by atoms with Crippen LogP contribution in [-0.2, 0) is 6.54 Å². The van der Waals surface area contributed by atoms with Gasteiger partial charge in [-0.1, -0.05) is 70.2 Å². The van der Waals surface area contributed by atoms with Gasteiger partial charge in [-0.05, 0) is 24.0 Å². The molecule has 196 valence electrons. The van der Waals surface area contributed by atoms with Gasteiger partial charge >= 0.3 is 0 Å². The highest BCUT2D eigenvalue weighted by Gasteiger charge is 2.43. The maximum atomic E-state index is 13.9. The second kappa shape index (κ2) is 9.87. The fourth-order valence-electron chi connectivity index (χ4n) is 5.19. The molecule has 3 aromatic carbocycles. The van der Waals surface area contributed by atoms with Gasteiger partial charge in [0, 0.05) is 39.9 Å². The summed E-state index contributed by atoms with van der Waals surface area (Å²) in [7, 11) is 0. The molecule has 1 aliphatic carbocycles. The minimum atomic E-state index is -0.528. The number of nitro groups is 1. The number of para-hydroxylation sites is 1. The van der Waals surface area contributed by atoms with E-state index in [-0.39, 0.29) is 58.4 Å². The molecular weight excluding hydrogens is 494 g/mol. The number of carbonyl (C=O) groups is 3. The molecule has 0 aliphatic heterocycles. The molecule has 5 rings (SSSR count). The Morgan fingerprint density at radius 1 is 0.846 bits per heavy atom. The van der Waals surface area contributed by atoms with E-state index in [9.17, 15) is 24.5 Å². The average molecular weight is 523 g/mol. The van der Waals surface area contributed by atoms with Gasteiger partial charge in [0.25, 0.3) is 12.0 Å². The Labute approximate surface area is 225 Å². The van der Waals surface area contributed by atoms with Crippen molar-refractivity contribution in [2.24, 2.45) is 0 Å². The van der Waals surface area contributed by atoms with E-state index < -0.39 is 4.92 Å². The Bertz CT molecular complexity index is 1640. The number of aromatic nitrogens is 2. The van der Waals surface area contributed by atoms with Gasteiger partial charge in [-0.3, -0.25) is 24.5 Å². The molecule has 1 heterocycles. The lowest BCUT2D eigenvalue weighted by Crippen LogP contribution is -2.43. The van der Waals surface area contributed by atoms with Gasteiger partial charge in [0.2, 0.25) is 28.7 Å². The Morgan fingerprint density at radius 3 is 1.95 bits per heavy atom. The molecule has 0 amide bonds. The van der Waals surface area contributed by atoms with Crippen LogP contribution in [0, 0.1) is 10.1 Å². The Hall–Kier alpha value is -4.72. The molecule has 0 bridgehead atoms. The van der Waals surface area contributed by atoms with Crippen molar-refractivity contribution in [1.82, 2.24) is 4.57 Å². The van der Waals surface area contributed by atoms with Crippen LogP contribution in [0.15, 0.2) is 73.1 Å². The first-order valence-corrected chi connectivity index (χ1v) is 12.8. The van der Waals surface area contributed by atoms with Crippen molar-refractivity contribution in [3.8, 4) is 5.69 Å². The van der Waals surface area contributed by atoms with E-state index in [2.05, 4.69) is 27.7 Å².